The van der Waals surface area contributed by atoms with Gasteiger partial charge < -0.3 is 10.4 Å². The van der Waals surface area contributed by atoms with Gasteiger partial charge in [0.1, 0.15) is 5.75 Å². The van der Waals surface area contributed by atoms with E-state index in [9.17, 15) is 9.90 Å². The third-order valence-corrected chi connectivity index (χ3v) is 4.73. The molecule has 2 rings (SSSR count). The molecule has 1 saturated carbocycles. The summed E-state index contributed by atoms with van der Waals surface area (Å²) in [6.45, 7) is 2.18. The molecule has 3 nitrogen and oxygen atoms in total. The lowest BCUT2D eigenvalue weighted by molar-refractivity contribution is -0.121. The summed E-state index contributed by atoms with van der Waals surface area (Å²) in [5.41, 5.74) is 0.692. The summed E-state index contributed by atoms with van der Waals surface area (Å²) in [6.07, 6.45) is 3.60. The zero-order chi connectivity index (χ0) is 13.7. The van der Waals surface area contributed by atoms with Crippen LogP contribution >= 0.6 is 11.8 Å². The Labute approximate surface area is 118 Å². The van der Waals surface area contributed by atoms with E-state index in [-0.39, 0.29) is 18.1 Å². The zero-order valence-corrected chi connectivity index (χ0v) is 12.1. The van der Waals surface area contributed by atoms with Gasteiger partial charge in [0.05, 0.1) is 6.42 Å². The van der Waals surface area contributed by atoms with Gasteiger partial charge in [0.2, 0.25) is 5.91 Å². The fourth-order valence-corrected chi connectivity index (χ4v) is 3.71. The number of amides is 1. The highest BCUT2D eigenvalue weighted by Gasteiger charge is 2.25. The van der Waals surface area contributed by atoms with Gasteiger partial charge in [-0.1, -0.05) is 25.1 Å². The number of nitrogens with one attached hydrogen (secondary N) is 1. The van der Waals surface area contributed by atoms with E-state index in [1.807, 2.05) is 17.8 Å². The summed E-state index contributed by atoms with van der Waals surface area (Å²) in [4.78, 5) is 12.0. The summed E-state index contributed by atoms with van der Waals surface area (Å²) < 4.78 is 0. The number of aromatic hydroxyl groups is 1. The zero-order valence-electron chi connectivity index (χ0n) is 11.3. The normalized spacial score (nSPS) is 22.4. The van der Waals surface area contributed by atoms with Crippen LogP contribution < -0.4 is 5.32 Å². The topological polar surface area (TPSA) is 49.3 Å². The summed E-state index contributed by atoms with van der Waals surface area (Å²) in [6, 6.07) is 7.32. The van der Waals surface area contributed by atoms with Gasteiger partial charge in [-0.3, -0.25) is 4.79 Å². The molecule has 1 aromatic carbocycles. The Morgan fingerprint density at radius 1 is 1.42 bits per heavy atom. The van der Waals surface area contributed by atoms with Gasteiger partial charge >= 0.3 is 0 Å². The maximum atomic E-state index is 12.0. The first-order chi connectivity index (χ1) is 9.19. The van der Waals surface area contributed by atoms with Gasteiger partial charge in [-0.05, 0) is 31.1 Å². The maximum absolute atomic E-state index is 12.0. The minimum atomic E-state index is 0.00801. The van der Waals surface area contributed by atoms with Crippen molar-refractivity contribution in [2.45, 2.75) is 43.9 Å². The molecular weight excluding hydrogens is 258 g/mol. The monoisotopic (exact) mass is 279 g/mol. The van der Waals surface area contributed by atoms with Crippen LogP contribution in [-0.2, 0) is 11.2 Å². The Morgan fingerprint density at radius 3 is 2.95 bits per heavy atom. The number of phenols is 1. The van der Waals surface area contributed by atoms with Crippen molar-refractivity contribution in [1.82, 2.24) is 5.32 Å². The van der Waals surface area contributed by atoms with Crippen LogP contribution in [0, 0.1) is 0 Å². The molecule has 0 aliphatic heterocycles. The molecule has 19 heavy (non-hydrogen) atoms. The average molecular weight is 279 g/mol. The van der Waals surface area contributed by atoms with E-state index < -0.39 is 0 Å². The molecule has 1 fully saturated rings. The summed E-state index contributed by atoms with van der Waals surface area (Å²) in [7, 11) is 0. The number of phenolic OH excluding ortho intramolecular Hbond substituents is 1. The molecule has 1 aromatic rings. The summed E-state index contributed by atoms with van der Waals surface area (Å²) >= 11 is 1.98. The maximum Gasteiger partial charge on any atom is 0.224 e. The van der Waals surface area contributed by atoms with Crippen molar-refractivity contribution in [3.8, 4) is 5.75 Å². The number of para-hydroxylation sites is 1. The molecule has 0 aromatic heterocycles. The first-order valence-corrected chi connectivity index (χ1v) is 7.91. The van der Waals surface area contributed by atoms with Crippen molar-refractivity contribution in [3.05, 3.63) is 29.8 Å². The number of carbonyl (C=O) groups excluding carboxylic acids is 1. The van der Waals surface area contributed by atoms with Crippen LogP contribution in [-0.4, -0.2) is 28.1 Å². The quantitative estimate of drug-likeness (QED) is 0.871. The predicted octanol–water partition coefficient (Wildman–Crippen LogP) is 2.73. The lowest BCUT2D eigenvalue weighted by Gasteiger charge is -2.13. The van der Waals surface area contributed by atoms with Crippen molar-refractivity contribution in [2.75, 3.05) is 5.75 Å². The van der Waals surface area contributed by atoms with E-state index in [0.717, 1.165) is 18.6 Å². The van der Waals surface area contributed by atoms with Crippen molar-refractivity contribution in [3.63, 3.8) is 0 Å². The standard InChI is InChI=1S/C15H21NO2S/c1-2-19-13-8-7-12(10-13)16-15(18)9-11-5-3-4-6-14(11)17/h3-6,12-13,17H,2,7-10H2,1H3,(H,16,18). The highest BCUT2D eigenvalue weighted by Crippen LogP contribution is 2.29. The van der Waals surface area contributed by atoms with Gasteiger partial charge in [-0.15, -0.1) is 0 Å². The van der Waals surface area contributed by atoms with Crippen molar-refractivity contribution >= 4 is 17.7 Å². The molecule has 1 aliphatic carbocycles. The second kappa shape index (κ2) is 6.85. The van der Waals surface area contributed by atoms with E-state index in [1.165, 1.54) is 6.42 Å². The van der Waals surface area contributed by atoms with Crippen LogP contribution in [0.4, 0.5) is 0 Å². The molecule has 1 aliphatic rings. The number of benzene rings is 1. The number of hydrogen-bond donors (Lipinski definition) is 2. The van der Waals surface area contributed by atoms with E-state index >= 15 is 0 Å². The molecule has 0 bridgehead atoms. The van der Waals surface area contributed by atoms with Gasteiger partial charge in [0, 0.05) is 16.9 Å². The summed E-state index contributed by atoms with van der Waals surface area (Å²) in [5, 5.41) is 13.4. The SMILES string of the molecule is CCSC1CCC(NC(=O)Cc2ccccc2O)C1. The molecule has 0 heterocycles. The van der Waals surface area contributed by atoms with Gasteiger partial charge in [-0.25, -0.2) is 0 Å². The number of rotatable bonds is 5. The Balaban J connectivity index is 1.81. The Kier molecular flexibility index (Phi) is 5.14. The van der Waals surface area contributed by atoms with Crippen LogP contribution in [0.3, 0.4) is 0 Å². The summed E-state index contributed by atoms with van der Waals surface area (Å²) in [5.74, 6) is 1.35. The van der Waals surface area contributed by atoms with Crippen LogP contribution in [0.2, 0.25) is 0 Å². The highest BCUT2D eigenvalue weighted by atomic mass is 32.2. The Bertz CT molecular complexity index is 436. The second-order valence-corrected chi connectivity index (χ2v) is 6.54. The Morgan fingerprint density at radius 2 is 2.21 bits per heavy atom. The number of thioether (sulfide) groups is 1. The molecule has 104 valence electrons. The van der Waals surface area contributed by atoms with Crippen molar-refractivity contribution in [1.29, 1.82) is 0 Å². The third kappa shape index (κ3) is 4.16. The van der Waals surface area contributed by atoms with Crippen molar-refractivity contribution < 1.29 is 9.90 Å². The molecule has 2 N–H and O–H groups in total. The van der Waals surface area contributed by atoms with E-state index in [4.69, 9.17) is 0 Å². The molecule has 2 atom stereocenters. The fraction of sp³-hybridized carbons (Fsp3) is 0.533. The van der Waals surface area contributed by atoms with Gasteiger partial charge in [0.25, 0.3) is 0 Å². The average Bonchev–Trinajstić information content (AvgIpc) is 2.80. The van der Waals surface area contributed by atoms with E-state index in [0.29, 0.717) is 16.9 Å². The van der Waals surface area contributed by atoms with Crippen LogP contribution in [0.5, 0.6) is 5.75 Å². The van der Waals surface area contributed by atoms with Crippen LogP contribution in [0.1, 0.15) is 31.7 Å². The third-order valence-electron chi connectivity index (χ3n) is 3.49. The lowest BCUT2D eigenvalue weighted by Crippen LogP contribution is -2.34. The molecule has 1 amide bonds. The molecular formula is C15H21NO2S. The second-order valence-electron chi connectivity index (χ2n) is 4.96. The number of hydrogen-bond acceptors (Lipinski definition) is 3. The van der Waals surface area contributed by atoms with E-state index in [2.05, 4.69) is 12.2 Å². The molecule has 0 spiro atoms. The smallest absolute Gasteiger partial charge is 0.224 e. The molecule has 0 radical (unpaired) electrons. The van der Waals surface area contributed by atoms with E-state index in [1.54, 1.807) is 18.2 Å². The van der Waals surface area contributed by atoms with Crippen LogP contribution in [0.15, 0.2) is 24.3 Å². The van der Waals surface area contributed by atoms with Crippen LogP contribution in [0.25, 0.3) is 0 Å². The first-order valence-electron chi connectivity index (χ1n) is 6.87. The molecule has 4 heteroatoms. The predicted molar refractivity (Wildman–Crippen MR) is 79.5 cm³/mol. The number of carbonyl (C=O) groups is 1. The molecule has 2 unspecified atom stereocenters. The fourth-order valence-electron chi connectivity index (χ4n) is 2.57. The highest BCUT2D eigenvalue weighted by molar-refractivity contribution is 7.99. The minimum Gasteiger partial charge on any atom is -0.508 e. The minimum absolute atomic E-state index is 0.00801. The lowest BCUT2D eigenvalue weighted by atomic mass is 10.1. The Hall–Kier alpha value is -1.16. The largest absolute Gasteiger partial charge is 0.508 e. The first kappa shape index (κ1) is 14.3. The van der Waals surface area contributed by atoms with Gasteiger partial charge in [0.15, 0.2) is 0 Å². The van der Waals surface area contributed by atoms with Crippen molar-refractivity contribution in [2.24, 2.45) is 0 Å². The van der Waals surface area contributed by atoms with Gasteiger partial charge in [-0.2, -0.15) is 11.8 Å². The molecule has 0 saturated heterocycles.